The summed E-state index contributed by atoms with van der Waals surface area (Å²) in [7, 11) is 3.28. The third-order valence-electron chi connectivity index (χ3n) is 3.92. The fourth-order valence-corrected chi connectivity index (χ4v) is 2.72. The molecule has 0 fully saturated rings. The molecule has 0 spiro atoms. The van der Waals surface area contributed by atoms with E-state index in [1.165, 1.54) is 0 Å². The molecule has 0 radical (unpaired) electrons. The zero-order chi connectivity index (χ0) is 19.0. The van der Waals surface area contributed by atoms with Crippen LogP contribution in [0, 0.1) is 5.92 Å². The summed E-state index contributed by atoms with van der Waals surface area (Å²) >= 11 is 0. The number of rotatable bonds is 7. The van der Waals surface area contributed by atoms with Gasteiger partial charge in [-0.15, -0.1) is 0 Å². The van der Waals surface area contributed by atoms with Crippen LogP contribution < -0.4 is 0 Å². The molecule has 1 rings (SSSR count). The van der Waals surface area contributed by atoms with Crippen molar-refractivity contribution in [2.24, 2.45) is 15.9 Å². The second-order valence-electron chi connectivity index (χ2n) is 7.73. The minimum absolute atomic E-state index is 0.0802. The summed E-state index contributed by atoms with van der Waals surface area (Å²) in [4.78, 5) is 21.1. The topological polar surface area (TPSA) is 69.5 Å². The Labute approximate surface area is 152 Å². The number of aliphatic imine (C=N–C) groups is 2. The molecule has 0 aromatic heterocycles. The van der Waals surface area contributed by atoms with Crippen LogP contribution in [0.15, 0.2) is 9.98 Å². The van der Waals surface area contributed by atoms with Crippen LogP contribution in [0.4, 0.5) is 0 Å². The average Bonchev–Trinajstić information content (AvgIpc) is 2.51. The Morgan fingerprint density at radius 2 is 1.68 bits per heavy atom. The van der Waals surface area contributed by atoms with Crippen LogP contribution in [0.3, 0.4) is 0 Å². The molecule has 25 heavy (non-hydrogen) atoms. The van der Waals surface area contributed by atoms with Crippen molar-refractivity contribution in [2.75, 3.05) is 14.2 Å². The zero-order valence-corrected chi connectivity index (χ0v) is 16.8. The third kappa shape index (κ3) is 7.45. The van der Waals surface area contributed by atoms with Crippen molar-refractivity contribution >= 4 is 17.8 Å². The van der Waals surface area contributed by atoms with Gasteiger partial charge in [0, 0.05) is 6.42 Å². The van der Waals surface area contributed by atoms with Crippen molar-refractivity contribution in [3.8, 4) is 0 Å². The van der Waals surface area contributed by atoms with Crippen molar-refractivity contribution in [3.05, 3.63) is 0 Å². The van der Waals surface area contributed by atoms with Crippen molar-refractivity contribution in [3.63, 3.8) is 0 Å². The van der Waals surface area contributed by atoms with Gasteiger partial charge in [-0.3, -0.25) is 4.79 Å². The van der Waals surface area contributed by atoms with Gasteiger partial charge in [-0.25, -0.2) is 9.98 Å². The van der Waals surface area contributed by atoms with Gasteiger partial charge in [-0.2, -0.15) is 0 Å². The summed E-state index contributed by atoms with van der Waals surface area (Å²) in [5.74, 6) is 1.52. The third-order valence-corrected chi connectivity index (χ3v) is 3.92. The standard InChI is InChI=1S/C19H34N2O4/c1-13(2)16-18(24-7)20-14(17(21-16)23-6)11-9-8-10-12-15(22)25-19(3,4)5/h13-14,16H,8-12H2,1-7H3/t14-,16+/m0/s1. The summed E-state index contributed by atoms with van der Waals surface area (Å²) in [6, 6.07) is -0.181. The Balaban J connectivity index is 2.44. The van der Waals surface area contributed by atoms with Gasteiger partial charge in [0.15, 0.2) is 0 Å². The van der Waals surface area contributed by atoms with Crippen LogP contribution in [-0.2, 0) is 19.0 Å². The number of methoxy groups -OCH3 is 2. The molecule has 0 unspecified atom stereocenters. The van der Waals surface area contributed by atoms with Gasteiger partial charge in [-0.1, -0.05) is 26.7 Å². The maximum absolute atomic E-state index is 11.7. The summed E-state index contributed by atoms with van der Waals surface area (Å²) in [5, 5.41) is 0. The van der Waals surface area contributed by atoms with Gasteiger partial charge < -0.3 is 14.2 Å². The van der Waals surface area contributed by atoms with Crippen LogP contribution in [0.5, 0.6) is 0 Å². The molecule has 1 aliphatic heterocycles. The molecule has 1 heterocycles. The largest absolute Gasteiger partial charge is 0.483 e. The zero-order valence-electron chi connectivity index (χ0n) is 16.8. The SMILES string of the molecule is COC1=N[C@H](C(C)C)C(OC)=N[C@H]1CCCCCC(=O)OC(C)(C)C. The molecular weight excluding hydrogens is 320 g/mol. The first-order valence-corrected chi connectivity index (χ1v) is 9.13. The Morgan fingerprint density at radius 3 is 2.20 bits per heavy atom. The molecule has 0 N–H and O–H groups in total. The molecule has 0 bridgehead atoms. The second kappa shape index (κ2) is 9.78. The fraction of sp³-hybridized carbons (Fsp3) is 0.842. The molecule has 6 heteroatoms. The van der Waals surface area contributed by atoms with Crippen molar-refractivity contribution < 1.29 is 19.0 Å². The highest BCUT2D eigenvalue weighted by atomic mass is 16.6. The Kier molecular flexibility index (Phi) is 8.39. The molecule has 0 aromatic carbocycles. The van der Waals surface area contributed by atoms with E-state index in [2.05, 4.69) is 23.8 Å². The fourth-order valence-electron chi connectivity index (χ4n) is 2.72. The van der Waals surface area contributed by atoms with Crippen molar-refractivity contribution in [1.82, 2.24) is 0 Å². The summed E-state index contributed by atoms with van der Waals surface area (Å²) in [5.41, 5.74) is -0.415. The first kappa shape index (κ1) is 21.5. The Bertz CT molecular complexity index is 492. The van der Waals surface area contributed by atoms with Gasteiger partial charge >= 0.3 is 5.97 Å². The summed E-state index contributed by atoms with van der Waals surface area (Å²) in [6.07, 6.45) is 3.99. The smallest absolute Gasteiger partial charge is 0.306 e. The lowest BCUT2D eigenvalue weighted by Crippen LogP contribution is -2.37. The molecule has 6 nitrogen and oxygen atoms in total. The van der Waals surface area contributed by atoms with Gasteiger partial charge in [0.1, 0.15) is 17.7 Å². The minimum atomic E-state index is -0.415. The molecule has 0 saturated carbocycles. The molecule has 144 valence electrons. The second-order valence-corrected chi connectivity index (χ2v) is 7.73. The number of esters is 1. The number of carbonyl (C=O) groups excluding carboxylic acids is 1. The van der Waals surface area contributed by atoms with Gasteiger partial charge in [0.25, 0.3) is 0 Å². The number of nitrogens with zero attached hydrogens (tertiary/aromatic N) is 2. The van der Waals surface area contributed by atoms with Crippen LogP contribution >= 0.6 is 0 Å². The number of unbranched alkanes of at least 4 members (excludes halogenated alkanes) is 2. The van der Waals surface area contributed by atoms with E-state index < -0.39 is 5.60 Å². The van der Waals surface area contributed by atoms with Crippen LogP contribution in [0.1, 0.15) is 66.7 Å². The van der Waals surface area contributed by atoms with E-state index in [1.54, 1.807) is 14.2 Å². The highest BCUT2D eigenvalue weighted by Gasteiger charge is 2.30. The van der Waals surface area contributed by atoms with E-state index in [9.17, 15) is 4.79 Å². The van der Waals surface area contributed by atoms with Crippen molar-refractivity contribution in [1.29, 1.82) is 0 Å². The van der Waals surface area contributed by atoms with Gasteiger partial charge in [0.2, 0.25) is 11.8 Å². The minimum Gasteiger partial charge on any atom is -0.483 e. The molecule has 0 aliphatic carbocycles. The number of hydrogen-bond acceptors (Lipinski definition) is 6. The number of hydrogen-bond donors (Lipinski definition) is 0. The molecular formula is C19H34N2O4. The van der Waals surface area contributed by atoms with E-state index in [0.717, 1.165) is 25.7 Å². The summed E-state index contributed by atoms with van der Waals surface area (Å²) in [6.45, 7) is 9.83. The molecule has 0 saturated heterocycles. The van der Waals surface area contributed by atoms with Crippen molar-refractivity contribution in [2.45, 2.75) is 84.4 Å². The first-order chi connectivity index (χ1) is 11.7. The lowest BCUT2D eigenvalue weighted by molar-refractivity contribution is -0.154. The lowest BCUT2D eigenvalue weighted by Gasteiger charge is -2.27. The number of carbonyl (C=O) groups is 1. The molecule has 1 aliphatic rings. The first-order valence-electron chi connectivity index (χ1n) is 9.13. The Morgan fingerprint density at radius 1 is 1.04 bits per heavy atom. The Hall–Kier alpha value is -1.59. The lowest BCUT2D eigenvalue weighted by atomic mass is 10.0. The van der Waals surface area contributed by atoms with E-state index in [0.29, 0.717) is 24.1 Å². The molecule has 2 atom stereocenters. The number of ether oxygens (including phenoxy) is 3. The monoisotopic (exact) mass is 354 g/mol. The van der Waals surface area contributed by atoms with Gasteiger partial charge in [-0.05, 0) is 39.5 Å². The average molecular weight is 354 g/mol. The normalized spacial score (nSPS) is 20.8. The predicted molar refractivity (Wildman–Crippen MR) is 100 cm³/mol. The highest BCUT2D eigenvalue weighted by molar-refractivity contribution is 5.94. The van der Waals surface area contributed by atoms with E-state index in [-0.39, 0.29) is 18.1 Å². The molecule has 0 aromatic rings. The van der Waals surface area contributed by atoms with E-state index in [1.807, 2.05) is 20.8 Å². The van der Waals surface area contributed by atoms with Crippen LogP contribution in [-0.4, -0.2) is 49.7 Å². The van der Waals surface area contributed by atoms with Crippen LogP contribution in [0.25, 0.3) is 0 Å². The maximum Gasteiger partial charge on any atom is 0.306 e. The quantitative estimate of drug-likeness (QED) is 0.515. The predicted octanol–water partition coefficient (Wildman–Crippen LogP) is 3.78. The summed E-state index contributed by atoms with van der Waals surface area (Å²) < 4.78 is 16.2. The molecule has 0 amide bonds. The van der Waals surface area contributed by atoms with E-state index >= 15 is 0 Å². The maximum atomic E-state index is 11.7. The van der Waals surface area contributed by atoms with Crippen LogP contribution in [0.2, 0.25) is 0 Å². The highest BCUT2D eigenvalue weighted by Crippen LogP contribution is 2.21. The van der Waals surface area contributed by atoms with Gasteiger partial charge in [0.05, 0.1) is 14.2 Å². The van der Waals surface area contributed by atoms with E-state index in [4.69, 9.17) is 14.2 Å².